The summed E-state index contributed by atoms with van der Waals surface area (Å²) in [4.78, 5) is 4.60. The van der Waals surface area contributed by atoms with Crippen molar-refractivity contribution in [2.75, 3.05) is 12.3 Å². The van der Waals surface area contributed by atoms with Crippen molar-refractivity contribution in [1.82, 2.24) is 10.1 Å². The largest absolute Gasteiger partial charge is 0.361 e. The maximum atomic E-state index is 12.8. The van der Waals surface area contributed by atoms with E-state index in [4.69, 9.17) is 10.3 Å². The van der Waals surface area contributed by atoms with Crippen molar-refractivity contribution >= 4 is 20.7 Å². The zero-order valence-corrected chi connectivity index (χ0v) is 14.4. The van der Waals surface area contributed by atoms with Crippen LogP contribution in [0.5, 0.6) is 0 Å². The Morgan fingerprint density at radius 2 is 2.04 bits per heavy atom. The predicted octanol–water partition coefficient (Wildman–Crippen LogP) is 2.63. The number of nitrogens with zero attached hydrogens (tertiary/aromatic N) is 2. The molecule has 0 radical (unpaired) electrons. The van der Waals surface area contributed by atoms with E-state index < -0.39 is 9.84 Å². The second kappa shape index (κ2) is 6.33. The molecule has 0 amide bonds. The van der Waals surface area contributed by atoms with Gasteiger partial charge >= 0.3 is 0 Å². The molecule has 0 unspecified atom stereocenters. The van der Waals surface area contributed by atoms with E-state index in [0.29, 0.717) is 35.3 Å². The fourth-order valence-electron chi connectivity index (χ4n) is 2.83. The fraction of sp³-hybridized carbons (Fsp3) is 0.294. The summed E-state index contributed by atoms with van der Waals surface area (Å²) in [6.07, 6.45) is 2.06. The van der Waals surface area contributed by atoms with Crippen molar-refractivity contribution in [2.45, 2.75) is 25.2 Å². The highest BCUT2D eigenvalue weighted by molar-refractivity contribution is 7.91. The third kappa shape index (κ3) is 2.92. The number of aromatic nitrogens is 2. The Hall–Kier alpha value is -2.25. The van der Waals surface area contributed by atoms with E-state index in [1.54, 1.807) is 31.3 Å². The van der Waals surface area contributed by atoms with E-state index in [9.17, 15) is 8.42 Å². The maximum absolute atomic E-state index is 12.8. The molecule has 0 aliphatic heterocycles. The van der Waals surface area contributed by atoms with Crippen molar-refractivity contribution < 1.29 is 12.9 Å². The van der Waals surface area contributed by atoms with Crippen LogP contribution in [0.15, 0.2) is 39.9 Å². The number of rotatable bonds is 5. The molecular formula is C17H19N3O3S. The van der Waals surface area contributed by atoms with E-state index in [0.717, 1.165) is 11.1 Å². The first-order chi connectivity index (χ1) is 11.4. The molecule has 24 heavy (non-hydrogen) atoms. The average molecular weight is 345 g/mol. The van der Waals surface area contributed by atoms with Crippen molar-refractivity contribution in [3.8, 4) is 11.1 Å². The molecule has 0 saturated carbocycles. The van der Waals surface area contributed by atoms with Crippen LogP contribution in [0, 0.1) is 13.8 Å². The van der Waals surface area contributed by atoms with Gasteiger partial charge in [0.25, 0.3) is 0 Å². The number of aryl methyl sites for hydroxylation is 2. The minimum atomic E-state index is -3.46. The highest BCUT2D eigenvalue weighted by Crippen LogP contribution is 2.33. The molecule has 126 valence electrons. The summed E-state index contributed by atoms with van der Waals surface area (Å²) in [5, 5.41) is 4.57. The Bertz CT molecular complexity index is 974. The van der Waals surface area contributed by atoms with Crippen molar-refractivity contribution in [2.24, 2.45) is 5.73 Å². The van der Waals surface area contributed by atoms with Gasteiger partial charge in [-0.3, -0.25) is 4.98 Å². The lowest BCUT2D eigenvalue weighted by molar-refractivity contribution is 0.393. The molecule has 2 aromatic heterocycles. The average Bonchev–Trinajstić information content (AvgIpc) is 2.90. The van der Waals surface area contributed by atoms with Crippen LogP contribution in [0.1, 0.15) is 17.9 Å². The smallest absolute Gasteiger partial charge is 0.179 e. The number of sulfone groups is 1. The predicted molar refractivity (Wildman–Crippen MR) is 92.4 cm³/mol. The van der Waals surface area contributed by atoms with Crippen LogP contribution in [-0.4, -0.2) is 30.9 Å². The van der Waals surface area contributed by atoms with Crippen LogP contribution in [0.3, 0.4) is 0 Å². The van der Waals surface area contributed by atoms with E-state index >= 15 is 0 Å². The van der Waals surface area contributed by atoms with Gasteiger partial charge in [-0.1, -0.05) is 5.16 Å². The number of pyridine rings is 1. The number of fused-ring (bicyclic) bond motifs is 1. The van der Waals surface area contributed by atoms with E-state index in [1.807, 2.05) is 13.0 Å². The lowest BCUT2D eigenvalue weighted by Gasteiger charge is -2.10. The van der Waals surface area contributed by atoms with Gasteiger partial charge < -0.3 is 10.3 Å². The molecule has 0 aliphatic carbocycles. The molecule has 3 rings (SSSR count). The van der Waals surface area contributed by atoms with Gasteiger partial charge in [0.1, 0.15) is 5.76 Å². The lowest BCUT2D eigenvalue weighted by Crippen LogP contribution is -2.12. The van der Waals surface area contributed by atoms with Crippen LogP contribution >= 0.6 is 0 Å². The van der Waals surface area contributed by atoms with Gasteiger partial charge in [0, 0.05) is 17.1 Å². The van der Waals surface area contributed by atoms with Gasteiger partial charge in [-0.25, -0.2) is 8.42 Å². The first-order valence-electron chi connectivity index (χ1n) is 7.69. The number of hydrogen-bond acceptors (Lipinski definition) is 6. The summed E-state index contributed by atoms with van der Waals surface area (Å²) in [5.41, 5.74) is 8.36. The summed E-state index contributed by atoms with van der Waals surface area (Å²) in [6.45, 7) is 3.97. The van der Waals surface area contributed by atoms with E-state index in [-0.39, 0.29) is 10.6 Å². The summed E-state index contributed by atoms with van der Waals surface area (Å²) in [7, 11) is -3.46. The van der Waals surface area contributed by atoms with E-state index in [2.05, 4.69) is 10.1 Å². The SMILES string of the molecule is Cc1noc(C)c1-c1cc(S(=O)(=O)CCCN)c2cccnc2c1. The molecule has 0 atom stereocenters. The normalized spacial score (nSPS) is 12.0. The molecule has 0 spiro atoms. The van der Waals surface area contributed by atoms with Crippen LogP contribution in [-0.2, 0) is 9.84 Å². The Labute approximate surface area is 140 Å². The lowest BCUT2D eigenvalue weighted by atomic mass is 10.0. The molecule has 7 heteroatoms. The summed E-state index contributed by atoms with van der Waals surface area (Å²) < 4.78 is 30.8. The Morgan fingerprint density at radius 1 is 1.25 bits per heavy atom. The monoisotopic (exact) mass is 345 g/mol. The fourth-order valence-corrected chi connectivity index (χ4v) is 4.41. The number of benzene rings is 1. The number of hydrogen-bond donors (Lipinski definition) is 1. The molecule has 6 nitrogen and oxygen atoms in total. The first kappa shape index (κ1) is 16.6. The van der Waals surface area contributed by atoms with Crippen molar-refractivity contribution in [3.05, 3.63) is 41.9 Å². The van der Waals surface area contributed by atoms with Crippen LogP contribution < -0.4 is 5.73 Å². The van der Waals surface area contributed by atoms with Crippen molar-refractivity contribution in [3.63, 3.8) is 0 Å². The van der Waals surface area contributed by atoms with Crippen LogP contribution in [0.4, 0.5) is 0 Å². The minimum Gasteiger partial charge on any atom is -0.361 e. The Balaban J connectivity index is 2.28. The molecule has 0 saturated heterocycles. The Morgan fingerprint density at radius 3 is 2.71 bits per heavy atom. The quantitative estimate of drug-likeness (QED) is 0.763. The highest BCUT2D eigenvalue weighted by Gasteiger charge is 2.21. The first-order valence-corrected chi connectivity index (χ1v) is 9.34. The summed E-state index contributed by atoms with van der Waals surface area (Å²) in [5.74, 6) is 0.659. The molecule has 2 N–H and O–H groups in total. The van der Waals surface area contributed by atoms with Crippen LogP contribution in [0.25, 0.3) is 22.0 Å². The standard InChI is InChI=1S/C17H19N3O3S/c1-11-17(12(2)23-20-11)13-9-15-14(5-3-7-19-15)16(10-13)24(21,22)8-4-6-18/h3,5,7,9-10H,4,6,8,18H2,1-2H3. The molecule has 1 aromatic carbocycles. The Kier molecular flexibility index (Phi) is 4.38. The maximum Gasteiger partial charge on any atom is 0.179 e. The summed E-state index contributed by atoms with van der Waals surface area (Å²) in [6, 6.07) is 7.06. The van der Waals surface area contributed by atoms with E-state index in [1.165, 1.54) is 0 Å². The van der Waals surface area contributed by atoms with Crippen LogP contribution in [0.2, 0.25) is 0 Å². The topological polar surface area (TPSA) is 99.1 Å². The van der Waals surface area contributed by atoms with Crippen molar-refractivity contribution in [1.29, 1.82) is 0 Å². The molecule has 0 bridgehead atoms. The second-order valence-electron chi connectivity index (χ2n) is 5.70. The molecule has 3 aromatic rings. The van der Waals surface area contributed by atoms with Gasteiger partial charge in [-0.2, -0.15) is 0 Å². The zero-order chi connectivity index (χ0) is 17.3. The van der Waals surface area contributed by atoms with Gasteiger partial charge in [-0.15, -0.1) is 0 Å². The van der Waals surface area contributed by atoms with Gasteiger partial charge in [0.2, 0.25) is 0 Å². The third-order valence-electron chi connectivity index (χ3n) is 3.96. The van der Waals surface area contributed by atoms with Gasteiger partial charge in [0.05, 0.1) is 21.9 Å². The third-order valence-corrected chi connectivity index (χ3v) is 5.79. The molecule has 2 heterocycles. The zero-order valence-electron chi connectivity index (χ0n) is 13.6. The van der Waals surface area contributed by atoms with Gasteiger partial charge in [-0.05, 0) is 56.6 Å². The minimum absolute atomic E-state index is 0.0124. The number of nitrogens with two attached hydrogens (primary N) is 1. The summed E-state index contributed by atoms with van der Waals surface area (Å²) >= 11 is 0. The highest BCUT2D eigenvalue weighted by atomic mass is 32.2. The van der Waals surface area contributed by atoms with Gasteiger partial charge in [0.15, 0.2) is 9.84 Å². The molecule has 0 aliphatic rings. The second-order valence-corrected chi connectivity index (χ2v) is 7.78. The molecule has 0 fully saturated rings. The molecular weight excluding hydrogens is 326 g/mol.